The van der Waals surface area contributed by atoms with E-state index >= 15 is 0 Å². The van der Waals surface area contributed by atoms with Gasteiger partial charge in [-0.05, 0) is 18.2 Å². The van der Waals surface area contributed by atoms with Crippen LogP contribution in [0.4, 0.5) is 0 Å². The monoisotopic (exact) mass is 526 g/mol. The molecule has 0 bridgehead atoms. The molecule has 0 saturated carbocycles. The number of hydrogen-bond acceptors (Lipinski definition) is 12. The van der Waals surface area contributed by atoms with Crippen molar-refractivity contribution in [3.05, 3.63) is 69.9 Å². The highest BCUT2D eigenvalue weighted by Crippen LogP contribution is 2.46. The van der Waals surface area contributed by atoms with Crippen LogP contribution in [0.1, 0.15) is 22.0 Å². The maximum Gasteiger partial charge on any atom is 0.338 e. The molecule has 0 spiro atoms. The molecule has 0 amide bonds. The van der Waals surface area contributed by atoms with Gasteiger partial charge in [0, 0.05) is 12.1 Å². The normalized spacial score (nSPS) is 23.5. The van der Waals surface area contributed by atoms with Gasteiger partial charge in [-0.15, -0.1) is 0 Å². The minimum absolute atomic E-state index is 0.0966. The quantitative estimate of drug-likeness (QED) is 0.114. The molecule has 5 rings (SSSR count). The molecule has 1 aliphatic heterocycles. The zero-order valence-corrected chi connectivity index (χ0v) is 19.4. The van der Waals surface area contributed by atoms with E-state index in [0.717, 1.165) is 18.2 Å². The van der Waals surface area contributed by atoms with Gasteiger partial charge < -0.3 is 49.6 Å². The van der Waals surface area contributed by atoms with Crippen LogP contribution in [-0.2, 0) is 9.47 Å². The van der Waals surface area contributed by atoms with Crippen LogP contribution in [-0.4, -0.2) is 72.7 Å². The Kier molecular flexibility index (Phi) is 6.33. The molecule has 0 radical (unpaired) electrons. The van der Waals surface area contributed by atoms with Crippen LogP contribution in [0.3, 0.4) is 0 Å². The van der Waals surface area contributed by atoms with Gasteiger partial charge in [0.25, 0.3) is 0 Å². The highest BCUT2D eigenvalue weighted by Gasteiger charge is 2.49. The van der Waals surface area contributed by atoms with Crippen molar-refractivity contribution in [3.63, 3.8) is 0 Å². The molecule has 2 heterocycles. The molecule has 1 aliphatic rings. The van der Waals surface area contributed by atoms with Crippen molar-refractivity contribution in [2.45, 2.75) is 30.5 Å². The lowest BCUT2D eigenvalue weighted by atomic mass is 9.89. The number of benzene rings is 3. The summed E-state index contributed by atoms with van der Waals surface area (Å²) in [7, 11) is 0. The number of aromatic hydroxyl groups is 4. The summed E-state index contributed by atoms with van der Waals surface area (Å²) < 4.78 is 16.6. The van der Waals surface area contributed by atoms with Crippen molar-refractivity contribution in [2.75, 3.05) is 6.61 Å². The summed E-state index contributed by atoms with van der Waals surface area (Å²) in [5.41, 5.74) is -1.67. The van der Waals surface area contributed by atoms with Crippen LogP contribution in [0.5, 0.6) is 23.0 Å². The van der Waals surface area contributed by atoms with Crippen LogP contribution >= 0.6 is 0 Å². The highest BCUT2D eigenvalue weighted by atomic mass is 16.6. The van der Waals surface area contributed by atoms with E-state index in [9.17, 15) is 45.3 Å². The highest BCUT2D eigenvalue weighted by molar-refractivity contribution is 5.96. The van der Waals surface area contributed by atoms with Gasteiger partial charge in [-0.1, -0.05) is 18.2 Å². The van der Waals surface area contributed by atoms with Crippen molar-refractivity contribution in [2.24, 2.45) is 0 Å². The summed E-state index contributed by atoms with van der Waals surface area (Å²) in [5, 5.41) is 71.8. The Balaban J connectivity index is 1.68. The predicted octanol–water partition coefficient (Wildman–Crippen LogP) is 1.15. The first-order valence-electron chi connectivity index (χ1n) is 11.4. The number of aliphatic hydroxyl groups excluding tert-OH is 3. The molecule has 5 unspecified atom stereocenters. The lowest BCUT2D eigenvalue weighted by molar-refractivity contribution is -0.232. The Morgan fingerprint density at radius 2 is 1.55 bits per heavy atom. The zero-order valence-electron chi connectivity index (χ0n) is 19.4. The Bertz CT molecular complexity index is 1600. The van der Waals surface area contributed by atoms with Gasteiger partial charge >= 0.3 is 5.97 Å². The molecule has 1 saturated heterocycles. The lowest BCUT2D eigenvalue weighted by Gasteiger charge is -2.42. The van der Waals surface area contributed by atoms with Crippen LogP contribution in [0.25, 0.3) is 21.9 Å². The number of carbonyl (C=O) groups excluding carboxylic acids is 1. The van der Waals surface area contributed by atoms with Crippen LogP contribution in [0, 0.1) is 0 Å². The number of phenolic OH excluding ortho intramolecular Hbond substituents is 4. The maximum absolute atomic E-state index is 13.2. The van der Waals surface area contributed by atoms with Gasteiger partial charge in [0.15, 0.2) is 17.6 Å². The molecule has 1 fully saturated rings. The first-order valence-corrected chi connectivity index (χ1v) is 11.4. The van der Waals surface area contributed by atoms with Gasteiger partial charge in [-0.25, -0.2) is 4.79 Å². The smallest absolute Gasteiger partial charge is 0.338 e. The summed E-state index contributed by atoms with van der Waals surface area (Å²) in [6.45, 7) is -0.779. The molecule has 0 aliphatic carbocycles. The molecule has 198 valence electrons. The van der Waals surface area contributed by atoms with Crippen molar-refractivity contribution in [3.8, 4) is 23.0 Å². The number of aliphatic hydroxyl groups is 3. The third-order valence-electron chi connectivity index (χ3n) is 6.45. The van der Waals surface area contributed by atoms with Crippen LogP contribution in [0.2, 0.25) is 0 Å². The van der Waals surface area contributed by atoms with Crippen molar-refractivity contribution < 1.29 is 54.4 Å². The Morgan fingerprint density at radius 3 is 2.24 bits per heavy atom. The van der Waals surface area contributed by atoms with E-state index in [-0.39, 0.29) is 22.1 Å². The number of ether oxygens (including phenoxy) is 2. The fourth-order valence-electron chi connectivity index (χ4n) is 4.52. The van der Waals surface area contributed by atoms with E-state index in [4.69, 9.17) is 13.9 Å². The lowest BCUT2D eigenvalue weighted by Crippen LogP contribution is -2.56. The minimum atomic E-state index is -1.83. The Labute approximate surface area is 212 Å². The molecule has 1 aromatic heterocycles. The van der Waals surface area contributed by atoms with E-state index in [0.29, 0.717) is 0 Å². The zero-order chi connectivity index (χ0) is 27.3. The maximum atomic E-state index is 13.2. The Morgan fingerprint density at radius 1 is 0.895 bits per heavy atom. The van der Waals surface area contributed by atoms with E-state index in [1.54, 1.807) is 18.2 Å². The number of phenols is 4. The minimum Gasteiger partial charge on any atom is -0.507 e. The fraction of sp³-hybridized carbons (Fsp3) is 0.231. The summed E-state index contributed by atoms with van der Waals surface area (Å²) >= 11 is 0. The second-order valence-electron chi connectivity index (χ2n) is 8.79. The Hall–Kier alpha value is -4.36. The topological polar surface area (TPSA) is 207 Å². The number of carbonyl (C=O) groups is 1. The largest absolute Gasteiger partial charge is 0.507 e. The molecule has 3 aromatic carbocycles. The van der Waals surface area contributed by atoms with E-state index in [1.165, 1.54) is 12.1 Å². The number of hydrogen-bond donors (Lipinski definition) is 7. The van der Waals surface area contributed by atoms with Crippen molar-refractivity contribution in [1.82, 2.24) is 0 Å². The molecule has 12 nitrogen and oxygen atoms in total. The summed E-state index contributed by atoms with van der Waals surface area (Å²) in [5.74, 6) is -3.64. The predicted molar refractivity (Wildman–Crippen MR) is 129 cm³/mol. The number of fused-ring (bicyclic) bond motifs is 2. The van der Waals surface area contributed by atoms with E-state index in [1.807, 2.05) is 0 Å². The van der Waals surface area contributed by atoms with E-state index in [2.05, 4.69) is 0 Å². The van der Waals surface area contributed by atoms with Crippen molar-refractivity contribution in [1.29, 1.82) is 0 Å². The molecular formula is C26H22O12. The standard InChI is InChI=1S/C26H22O12/c27-9-17-21(32)23(34)25(38-26(35)10-4-2-1-3-5-10)24(37-17)18-14(30)8-16-19(22(18)33)20(31)11-6-12(28)13(29)7-15(11)36-16/h1-8,17,21,23-25,27-30,32-34H,9H2. The summed E-state index contributed by atoms with van der Waals surface area (Å²) in [6.07, 6.45) is -8.32. The fourth-order valence-corrected chi connectivity index (χ4v) is 4.52. The molecule has 5 atom stereocenters. The average molecular weight is 526 g/mol. The van der Waals surface area contributed by atoms with Gasteiger partial charge in [-0.2, -0.15) is 0 Å². The van der Waals surface area contributed by atoms with E-state index < -0.39 is 82.5 Å². The van der Waals surface area contributed by atoms with Crippen LogP contribution < -0.4 is 5.43 Å². The molecule has 38 heavy (non-hydrogen) atoms. The summed E-state index contributed by atoms with van der Waals surface area (Å²) in [6, 6.07) is 10.6. The van der Waals surface area contributed by atoms with Gasteiger partial charge in [0.05, 0.1) is 23.1 Å². The number of esters is 1. The molecular weight excluding hydrogens is 504 g/mol. The molecule has 4 aromatic rings. The first-order chi connectivity index (χ1) is 18.1. The molecule has 12 heteroatoms. The average Bonchev–Trinajstić information content (AvgIpc) is 2.89. The van der Waals surface area contributed by atoms with Gasteiger partial charge in [0.1, 0.15) is 52.5 Å². The molecule has 7 N–H and O–H groups in total. The van der Waals surface area contributed by atoms with Crippen LogP contribution in [0.15, 0.2) is 57.7 Å². The van der Waals surface area contributed by atoms with Crippen molar-refractivity contribution >= 4 is 27.9 Å². The third kappa shape index (κ3) is 4.05. The van der Waals surface area contributed by atoms with Gasteiger partial charge in [0.2, 0.25) is 5.43 Å². The summed E-state index contributed by atoms with van der Waals surface area (Å²) in [4.78, 5) is 26.0. The second kappa shape index (κ2) is 9.50. The number of rotatable bonds is 4. The second-order valence-corrected chi connectivity index (χ2v) is 8.79. The SMILES string of the molecule is O=C(OC1C(c2c(O)cc3oc4cc(O)c(O)cc4c(=O)c3c2O)OC(CO)C(O)C1O)c1ccccc1. The third-order valence-corrected chi connectivity index (χ3v) is 6.45. The van der Waals surface area contributed by atoms with Gasteiger partial charge in [-0.3, -0.25) is 4.79 Å². The first kappa shape index (κ1) is 25.3.